The van der Waals surface area contributed by atoms with Crippen LogP contribution in [0.3, 0.4) is 0 Å². The van der Waals surface area contributed by atoms with Crippen molar-refractivity contribution in [2.45, 2.75) is 18.8 Å². The van der Waals surface area contributed by atoms with Crippen molar-refractivity contribution in [3.8, 4) is 0 Å². The smallest absolute Gasteiger partial charge is 0.190 e. The van der Waals surface area contributed by atoms with E-state index in [4.69, 9.17) is 9.47 Å². The number of rotatable bonds is 4. The quantitative estimate of drug-likeness (QED) is 0.866. The van der Waals surface area contributed by atoms with Gasteiger partial charge in [0.05, 0.1) is 26.1 Å². The SMILES string of the molecule is Br.c1ccc(CC2(Cn3ccnc3)OCCO2)cc1. The molecular formula is C14H17BrN2O2. The van der Waals surface area contributed by atoms with Crippen molar-refractivity contribution in [1.82, 2.24) is 9.55 Å². The van der Waals surface area contributed by atoms with Gasteiger partial charge >= 0.3 is 0 Å². The van der Waals surface area contributed by atoms with E-state index < -0.39 is 5.79 Å². The van der Waals surface area contributed by atoms with E-state index in [-0.39, 0.29) is 17.0 Å². The van der Waals surface area contributed by atoms with Crippen LogP contribution in [-0.4, -0.2) is 28.6 Å². The van der Waals surface area contributed by atoms with Crippen molar-refractivity contribution in [1.29, 1.82) is 0 Å². The molecule has 4 nitrogen and oxygen atoms in total. The average Bonchev–Trinajstić information content (AvgIpc) is 3.03. The number of aromatic nitrogens is 2. The minimum atomic E-state index is -0.554. The Labute approximate surface area is 123 Å². The first-order valence-corrected chi connectivity index (χ1v) is 6.14. The first kappa shape index (κ1) is 14.2. The predicted molar refractivity (Wildman–Crippen MR) is 77.3 cm³/mol. The van der Waals surface area contributed by atoms with E-state index in [0.29, 0.717) is 19.8 Å². The second-order valence-electron chi connectivity index (χ2n) is 4.50. The highest BCUT2D eigenvalue weighted by Crippen LogP contribution is 2.26. The number of hydrogen-bond acceptors (Lipinski definition) is 3. The van der Waals surface area contributed by atoms with Crippen molar-refractivity contribution >= 4 is 17.0 Å². The molecule has 0 spiro atoms. The molecule has 19 heavy (non-hydrogen) atoms. The Bertz CT molecular complexity index is 481. The minimum absolute atomic E-state index is 0. The number of ether oxygens (including phenoxy) is 2. The molecule has 1 aliphatic rings. The van der Waals surface area contributed by atoms with Gasteiger partial charge in [0.25, 0.3) is 0 Å². The molecule has 1 fully saturated rings. The van der Waals surface area contributed by atoms with Gasteiger partial charge in [-0.3, -0.25) is 0 Å². The van der Waals surface area contributed by atoms with Gasteiger partial charge in [0.1, 0.15) is 0 Å². The third-order valence-corrected chi connectivity index (χ3v) is 3.11. The molecule has 3 rings (SSSR count). The highest BCUT2D eigenvalue weighted by Gasteiger charge is 2.37. The summed E-state index contributed by atoms with van der Waals surface area (Å²) in [7, 11) is 0. The number of benzene rings is 1. The molecule has 5 heteroatoms. The molecule has 102 valence electrons. The Kier molecular flexibility index (Phi) is 4.74. The van der Waals surface area contributed by atoms with Gasteiger partial charge in [-0.05, 0) is 5.56 Å². The van der Waals surface area contributed by atoms with Crippen LogP contribution >= 0.6 is 17.0 Å². The van der Waals surface area contributed by atoms with Crippen molar-refractivity contribution in [2.75, 3.05) is 13.2 Å². The molecule has 0 atom stereocenters. The molecule has 0 amide bonds. The summed E-state index contributed by atoms with van der Waals surface area (Å²) >= 11 is 0. The van der Waals surface area contributed by atoms with Crippen LogP contribution in [0.2, 0.25) is 0 Å². The lowest BCUT2D eigenvalue weighted by molar-refractivity contribution is -0.166. The molecule has 0 aliphatic carbocycles. The summed E-state index contributed by atoms with van der Waals surface area (Å²) in [6.07, 6.45) is 6.24. The molecule has 1 aliphatic heterocycles. The Morgan fingerprint density at radius 3 is 2.53 bits per heavy atom. The Morgan fingerprint density at radius 1 is 1.16 bits per heavy atom. The van der Waals surface area contributed by atoms with Gasteiger partial charge in [0, 0.05) is 18.8 Å². The lowest BCUT2D eigenvalue weighted by Crippen LogP contribution is -2.37. The van der Waals surface area contributed by atoms with E-state index >= 15 is 0 Å². The van der Waals surface area contributed by atoms with Crippen LogP contribution in [-0.2, 0) is 22.4 Å². The Morgan fingerprint density at radius 2 is 1.89 bits per heavy atom. The van der Waals surface area contributed by atoms with Crippen LogP contribution < -0.4 is 0 Å². The number of nitrogens with zero attached hydrogens (tertiary/aromatic N) is 2. The zero-order valence-corrected chi connectivity index (χ0v) is 12.3. The molecule has 1 aromatic carbocycles. The number of hydrogen-bond donors (Lipinski definition) is 0. The summed E-state index contributed by atoms with van der Waals surface area (Å²) in [6, 6.07) is 10.3. The van der Waals surface area contributed by atoms with Gasteiger partial charge in [-0.15, -0.1) is 17.0 Å². The van der Waals surface area contributed by atoms with Gasteiger partial charge in [-0.25, -0.2) is 4.98 Å². The lowest BCUT2D eigenvalue weighted by atomic mass is 10.0. The third-order valence-electron chi connectivity index (χ3n) is 3.11. The molecule has 0 N–H and O–H groups in total. The maximum absolute atomic E-state index is 5.85. The first-order chi connectivity index (χ1) is 8.86. The molecule has 0 bridgehead atoms. The monoisotopic (exact) mass is 324 g/mol. The number of halogens is 1. The van der Waals surface area contributed by atoms with Crippen molar-refractivity contribution in [3.63, 3.8) is 0 Å². The molecule has 2 heterocycles. The normalized spacial score (nSPS) is 17.1. The number of imidazole rings is 1. The zero-order valence-electron chi connectivity index (χ0n) is 10.6. The van der Waals surface area contributed by atoms with Crippen LogP contribution in [0.5, 0.6) is 0 Å². The lowest BCUT2D eigenvalue weighted by Gasteiger charge is -2.27. The molecule has 2 aromatic rings. The van der Waals surface area contributed by atoms with E-state index in [2.05, 4.69) is 17.1 Å². The second-order valence-corrected chi connectivity index (χ2v) is 4.50. The van der Waals surface area contributed by atoms with Gasteiger partial charge in [0.2, 0.25) is 0 Å². The summed E-state index contributed by atoms with van der Waals surface area (Å²) in [5, 5.41) is 0. The van der Waals surface area contributed by atoms with Gasteiger partial charge in [-0.2, -0.15) is 0 Å². The molecule has 1 aromatic heterocycles. The molecular weight excluding hydrogens is 308 g/mol. The topological polar surface area (TPSA) is 36.3 Å². The van der Waals surface area contributed by atoms with Gasteiger partial charge in [-0.1, -0.05) is 30.3 Å². The summed E-state index contributed by atoms with van der Waals surface area (Å²) < 4.78 is 13.7. The zero-order chi connectivity index (χ0) is 12.3. The summed E-state index contributed by atoms with van der Waals surface area (Å²) in [5.41, 5.74) is 1.22. The van der Waals surface area contributed by atoms with Crippen LogP contribution in [0, 0.1) is 0 Å². The first-order valence-electron chi connectivity index (χ1n) is 6.14. The second kappa shape index (κ2) is 6.32. The predicted octanol–water partition coefficient (Wildman–Crippen LogP) is 2.45. The van der Waals surface area contributed by atoms with Gasteiger partial charge < -0.3 is 14.0 Å². The highest BCUT2D eigenvalue weighted by molar-refractivity contribution is 8.93. The minimum Gasteiger partial charge on any atom is -0.345 e. The fourth-order valence-corrected chi connectivity index (χ4v) is 2.31. The summed E-state index contributed by atoms with van der Waals surface area (Å²) in [5.74, 6) is -0.554. The van der Waals surface area contributed by atoms with Crippen LogP contribution in [0.1, 0.15) is 5.56 Å². The fourth-order valence-electron chi connectivity index (χ4n) is 2.31. The Balaban J connectivity index is 0.00000133. The third kappa shape index (κ3) is 3.43. The molecule has 1 saturated heterocycles. The highest BCUT2D eigenvalue weighted by atomic mass is 79.9. The van der Waals surface area contributed by atoms with Crippen LogP contribution in [0.25, 0.3) is 0 Å². The Hall–Kier alpha value is -1.17. The van der Waals surface area contributed by atoms with Crippen molar-refractivity contribution in [3.05, 3.63) is 54.6 Å². The molecule has 0 radical (unpaired) electrons. The average molecular weight is 325 g/mol. The van der Waals surface area contributed by atoms with Crippen LogP contribution in [0.4, 0.5) is 0 Å². The van der Waals surface area contributed by atoms with E-state index in [0.717, 1.165) is 6.42 Å². The maximum Gasteiger partial charge on any atom is 0.190 e. The summed E-state index contributed by atoms with van der Waals surface area (Å²) in [6.45, 7) is 1.98. The molecule has 0 saturated carbocycles. The van der Waals surface area contributed by atoms with Gasteiger partial charge in [0.15, 0.2) is 5.79 Å². The van der Waals surface area contributed by atoms with E-state index in [9.17, 15) is 0 Å². The maximum atomic E-state index is 5.85. The van der Waals surface area contributed by atoms with E-state index in [1.807, 2.05) is 29.0 Å². The summed E-state index contributed by atoms with van der Waals surface area (Å²) in [4.78, 5) is 4.05. The standard InChI is InChI=1S/C14H16N2O2.BrH/c1-2-4-13(5-3-1)10-14(17-8-9-18-14)11-16-7-6-15-12-16;/h1-7,12H,8-11H2;1H. The molecule has 0 unspecified atom stereocenters. The fraction of sp³-hybridized carbons (Fsp3) is 0.357. The largest absolute Gasteiger partial charge is 0.345 e. The van der Waals surface area contributed by atoms with Crippen LogP contribution in [0.15, 0.2) is 49.1 Å². The van der Waals surface area contributed by atoms with E-state index in [1.165, 1.54) is 5.56 Å². The van der Waals surface area contributed by atoms with Crippen molar-refractivity contribution in [2.24, 2.45) is 0 Å². The van der Waals surface area contributed by atoms with Crippen molar-refractivity contribution < 1.29 is 9.47 Å². The van der Waals surface area contributed by atoms with E-state index in [1.54, 1.807) is 12.5 Å².